The van der Waals surface area contributed by atoms with Gasteiger partial charge in [-0.05, 0) is 20.5 Å². The van der Waals surface area contributed by atoms with Crippen molar-refractivity contribution < 1.29 is 5.11 Å². The third-order valence-electron chi connectivity index (χ3n) is 2.94. The van der Waals surface area contributed by atoms with Crippen LogP contribution in [0.2, 0.25) is 0 Å². The van der Waals surface area contributed by atoms with Gasteiger partial charge < -0.3 is 20.6 Å². The zero-order valence-corrected chi connectivity index (χ0v) is 10.2. The highest BCUT2D eigenvalue weighted by molar-refractivity contribution is 5.48. The maximum atomic E-state index is 9.78. The standard InChI is InChI=1S/C11H19N5O/c1-15(2)5-8-3-9(17)6-16(8)11-4-10(12)13-7-14-11/h4,7-9,17H,3,5-6H2,1-2H3,(H2,12,13,14). The van der Waals surface area contributed by atoms with Crippen LogP contribution in [0.15, 0.2) is 12.4 Å². The lowest BCUT2D eigenvalue weighted by molar-refractivity contribution is 0.191. The number of rotatable bonds is 3. The molecule has 2 heterocycles. The van der Waals surface area contributed by atoms with Gasteiger partial charge in [0.2, 0.25) is 0 Å². The topological polar surface area (TPSA) is 78.5 Å². The number of aromatic nitrogens is 2. The van der Waals surface area contributed by atoms with Crippen molar-refractivity contribution in [2.45, 2.75) is 18.6 Å². The monoisotopic (exact) mass is 237 g/mol. The van der Waals surface area contributed by atoms with Crippen LogP contribution in [0, 0.1) is 0 Å². The average Bonchev–Trinajstić information content (AvgIpc) is 2.58. The molecule has 0 aromatic carbocycles. The van der Waals surface area contributed by atoms with Crippen molar-refractivity contribution in [3.8, 4) is 0 Å². The van der Waals surface area contributed by atoms with Crippen molar-refractivity contribution in [2.24, 2.45) is 0 Å². The average molecular weight is 237 g/mol. The molecule has 3 N–H and O–H groups in total. The number of hydrogen-bond acceptors (Lipinski definition) is 6. The van der Waals surface area contributed by atoms with Gasteiger partial charge in [-0.2, -0.15) is 0 Å². The van der Waals surface area contributed by atoms with E-state index >= 15 is 0 Å². The first-order valence-corrected chi connectivity index (χ1v) is 5.73. The Bertz CT molecular complexity index is 384. The van der Waals surface area contributed by atoms with Gasteiger partial charge in [0.05, 0.1) is 6.10 Å². The number of aliphatic hydroxyl groups excluding tert-OH is 1. The first-order valence-electron chi connectivity index (χ1n) is 5.73. The van der Waals surface area contributed by atoms with Gasteiger partial charge in [0, 0.05) is 25.2 Å². The fourth-order valence-corrected chi connectivity index (χ4v) is 2.29. The number of likely N-dealkylation sites (N-methyl/N-ethyl adjacent to an activating group) is 1. The summed E-state index contributed by atoms with van der Waals surface area (Å²) in [6, 6.07) is 2.02. The predicted octanol–water partition coefficient (Wildman–Crippen LogP) is -0.440. The van der Waals surface area contributed by atoms with E-state index in [0.29, 0.717) is 12.4 Å². The van der Waals surface area contributed by atoms with Crippen molar-refractivity contribution in [1.82, 2.24) is 14.9 Å². The van der Waals surface area contributed by atoms with Crippen LogP contribution in [0.1, 0.15) is 6.42 Å². The molecule has 2 atom stereocenters. The lowest BCUT2D eigenvalue weighted by Gasteiger charge is -2.27. The maximum absolute atomic E-state index is 9.78. The summed E-state index contributed by atoms with van der Waals surface area (Å²) in [6.45, 7) is 1.50. The highest BCUT2D eigenvalue weighted by Crippen LogP contribution is 2.24. The first kappa shape index (κ1) is 12.1. The molecule has 1 aromatic rings. The van der Waals surface area contributed by atoms with E-state index in [0.717, 1.165) is 18.8 Å². The SMILES string of the molecule is CN(C)CC1CC(O)CN1c1cc(N)ncn1. The second-order valence-electron chi connectivity index (χ2n) is 4.76. The second-order valence-corrected chi connectivity index (χ2v) is 4.76. The molecular weight excluding hydrogens is 218 g/mol. The Morgan fingerprint density at radius 1 is 1.53 bits per heavy atom. The molecule has 0 aliphatic carbocycles. The van der Waals surface area contributed by atoms with Gasteiger partial charge in [-0.3, -0.25) is 0 Å². The van der Waals surface area contributed by atoms with Gasteiger partial charge in [0.1, 0.15) is 18.0 Å². The summed E-state index contributed by atoms with van der Waals surface area (Å²) < 4.78 is 0. The molecule has 0 bridgehead atoms. The van der Waals surface area contributed by atoms with E-state index in [1.807, 2.05) is 14.1 Å². The summed E-state index contributed by atoms with van der Waals surface area (Å²) in [4.78, 5) is 12.3. The normalized spacial score (nSPS) is 24.6. The molecule has 1 aromatic heterocycles. The summed E-state index contributed by atoms with van der Waals surface area (Å²) >= 11 is 0. The molecular formula is C11H19N5O. The number of aliphatic hydroxyl groups is 1. The van der Waals surface area contributed by atoms with Crippen LogP contribution < -0.4 is 10.6 Å². The van der Waals surface area contributed by atoms with Crippen molar-refractivity contribution in [3.05, 3.63) is 12.4 Å². The Balaban J connectivity index is 2.17. The molecule has 17 heavy (non-hydrogen) atoms. The van der Waals surface area contributed by atoms with Crippen LogP contribution >= 0.6 is 0 Å². The number of nitrogen functional groups attached to an aromatic ring is 1. The van der Waals surface area contributed by atoms with Crippen LogP contribution in [0.5, 0.6) is 0 Å². The molecule has 2 unspecified atom stereocenters. The van der Waals surface area contributed by atoms with Crippen LogP contribution in [-0.2, 0) is 0 Å². The number of hydrogen-bond donors (Lipinski definition) is 2. The van der Waals surface area contributed by atoms with Gasteiger partial charge in [-0.25, -0.2) is 9.97 Å². The highest BCUT2D eigenvalue weighted by Gasteiger charge is 2.32. The zero-order chi connectivity index (χ0) is 12.4. The van der Waals surface area contributed by atoms with E-state index in [2.05, 4.69) is 19.8 Å². The summed E-state index contributed by atoms with van der Waals surface area (Å²) in [5.41, 5.74) is 5.66. The number of nitrogens with two attached hydrogens (primary N) is 1. The molecule has 1 aliphatic heterocycles. The number of anilines is 2. The fraction of sp³-hybridized carbons (Fsp3) is 0.636. The fourth-order valence-electron chi connectivity index (χ4n) is 2.29. The quantitative estimate of drug-likeness (QED) is 0.742. The Hall–Kier alpha value is -1.40. The molecule has 6 heteroatoms. The van der Waals surface area contributed by atoms with Gasteiger partial charge in [-0.1, -0.05) is 0 Å². The van der Waals surface area contributed by atoms with Crippen LogP contribution in [0.4, 0.5) is 11.6 Å². The first-order chi connectivity index (χ1) is 8.06. The molecule has 1 saturated heterocycles. The molecule has 0 amide bonds. The molecule has 1 fully saturated rings. The van der Waals surface area contributed by atoms with Crippen molar-refractivity contribution in [3.63, 3.8) is 0 Å². The van der Waals surface area contributed by atoms with E-state index in [4.69, 9.17) is 5.73 Å². The summed E-state index contributed by atoms with van der Waals surface area (Å²) in [7, 11) is 4.05. The van der Waals surface area contributed by atoms with E-state index in [-0.39, 0.29) is 12.1 Å². The number of β-amino-alcohol motifs (C(OH)–C–C–N with tert-alkyl or cyclic N) is 1. The van der Waals surface area contributed by atoms with E-state index in [1.54, 1.807) is 6.07 Å². The maximum Gasteiger partial charge on any atom is 0.134 e. The molecule has 0 saturated carbocycles. The predicted molar refractivity (Wildman–Crippen MR) is 66.8 cm³/mol. The Morgan fingerprint density at radius 2 is 2.29 bits per heavy atom. The lowest BCUT2D eigenvalue weighted by Crippen LogP contribution is -2.38. The second kappa shape index (κ2) is 4.85. The van der Waals surface area contributed by atoms with Gasteiger partial charge in [-0.15, -0.1) is 0 Å². The van der Waals surface area contributed by atoms with Gasteiger partial charge in [0.15, 0.2) is 0 Å². The zero-order valence-electron chi connectivity index (χ0n) is 10.2. The minimum Gasteiger partial charge on any atom is -0.391 e. The molecule has 1 aliphatic rings. The lowest BCUT2D eigenvalue weighted by atomic mass is 10.2. The van der Waals surface area contributed by atoms with Gasteiger partial charge >= 0.3 is 0 Å². The third-order valence-corrected chi connectivity index (χ3v) is 2.94. The molecule has 94 valence electrons. The third kappa shape index (κ3) is 2.83. The molecule has 6 nitrogen and oxygen atoms in total. The van der Waals surface area contributed by atoms with Crippen molar-refractivity contribution in [1.29, 1.82) is 0 Å². The van der Waals surface area contributed by atoms with Crippen LogP contribution in [0.25, 0.3) is 0 Å². The molecule has 0 spiro atoms. The molecule has 2 rings (SSSR count). The highest BCUT2D eigenvalue weighted by atomic mass is 16.3. The van der Waals surface area contributed by atoms with Crippen molar-refractivity contribution >= 4 is 11.6 Å². The largest absolute Gasteiger partial charge is 0.391 e. The summed E-state index contributed by atoms with van der Waals surface area (Å²) in [5.74, 6) is 1.25. The van der Waals surface area contributed by atoms with Crippen molar-refractivity contribution in [2.75, 3.05) is 37.8 Å². The minimum atomic E-state index is -0.295. The Morgan fingerprint density at radius 3 is 2.94 bits per heavy atom. The van der Waals surface area contributed by atoms with E-state index in [9.17, 15) is 5.11 Å². The van der Waals surface area contributed by atoms with E-state index < -0.39 is 0 Å². The number of nitrogens with zero attached hydrogens (tertiary/aromatic N) is 4. The van der Waals surface area contributed by atoms with E-state index in [1.165, 1.54) is 6.33 Å². The van der Waals surface area contributed by atoms with Crippen LogP contribution in [-0.4, -0.2) is 59.3 Å². The summed E-state index contributed by atoms with van der Waals surface area (Å²) in [5, 5.41) is 9.78. The summed E-state index contributed by atoms with van der Waals surface area (Å²) in [6.07, 6.45) is 1.93. The molecule has 0 radical (unpaired) electrons. The van der Waals surface area contributed by atoms with Crippen LogP contribution in [0.3, 0.4) is 0 Å². The smallest absolute Gasteiger partial charge is 0.134 e. The Labute approximate surface area is 101 Å². The minimum absolute atomic E-state index is 0.272. The Kier molecular flexibility index (Phi) is 3.44. The van der Waals surface area contributed by atoms with Gasteiger partial charge in [0.25, 0.3) is 0 Å².